The van der Waals surface area contributed by atoms with Crippen molar-refractivity contribution in [1.29, 1.82) is 0 Å². The van der Waals surface area contributed by atoms with Gasteiger partial charge in [-0.15, -0.1) is 0 Å². The van der Waals surface area contributed by atoms with Gasteiger partial charge in [0.05, 0.1) is 19.6 Å². The molecule has 1 unspecified atom stereocenters. The molecule has 1 aliphatic carbocycles. The molecule has 0 aliphatic heterocycles. The Morgan fingerprint density at radius 2 is 2.14 bits per heavy atom. The number of aliphatic carboxylic acids is 1. The Labute approximate surface area is 125 Å². The van der Waals surface area contributed by atoms with Crippen molar-refractivity contribution in [3.63, 3.8) is 0 Å². The second-order valence-corrected chi connectivity index (χ2v) is 5.70. The molecule has 0 saturated carbocycles. The zero-order valence-electron chi connectivity index (χ0n) is 12.8. The molecule has 0 radical (unpaired) electrons. The topological polar surface area (TPSA) is 55.8 Å². The molecule has 114 valence electrons. The third kappa shape index (κ3) is 3.38. The molecule has 0 saturated heterocycles. The zero-order valence-corrected chi connectivity index (χ0v) is 12.8. The largest absolute Gasteiger partial charge is 0.493 e. The average molecular weight is 290 g/mol. The summed E-state index contributed by atoms with van der Waals surface area (Å²) in [6.07, 6.45) is 5.93. The molecule has 1 atom stereocenters. The smallest absolute Gasteiger partial charge is 0.304 e. The number of carbonyl (C=O) groups is 1. The molecule has 0 bridgehead atoms. The van der Waals surface area contributed by atoms with Crippen LogP contribution in [0.5, 0.6) is 11.5 Å². The number of hydrogen-bond acceptors (Lipinski definition) is 3. The summed E-state index contributed by atoms with van der Waals surface area (Å²) in [7, 11) is 1.60. The van der Waals surface area contributed by atoms with Crippen LogP contribution in [0.3, 0.4) is 0 Å². The van der Waals surface area contributed by atoms with Crippen LogP contribution in [0.15, 0.2) is 30.4 Å². The van der Waals surface area contributed by atoms with Crippen molar-refractivity contribution < 1.29 is 19.4 Å². The second kappa shape index (κ2) is 6.20. The first-order valence-electron chi connectivity index (χ1n) is 7.21. The number of benzene rings is 1. The van der Waals surface area contributed by atoms with Gasteiger partial charge in [-0.3, -0.25) is 4.79 Å². The molecule has 4 nitrogen and oxygen atoms in total. The summed E-state index contributed by atoms with van der Waals surface area (Å²) in [5.41, 5.74) is 0.529. The number of hydrogen-bond donors (Lipinski definition) is 1. The van der Waals surface area contributed by atoms with Crippen LogP contribution in [0, 0.1) is 0 Å². The van der Waals surface area contributed by atoms with Crippen molar-refractivity contribution >= 4 is 5.97 Å². The Balaban J connectivity index is 2.38. The molecular formula is C17H22O4. The third-order valence-electron chi connectivity index (χ3n) is 3.76. The summed E-state index contributed by atoms with van der Waals surface area (Å²) >= 11 is 0. The number of ether oxygens (including phenoxy) is 2. The predicted molar refractivity (Wildman–Crippen MR) is 81.1 cm³/mol. The van der Waals surface area contributed by atoms with Crippen LogP contribution in [-0.2, 0) is 10.2 Å². The molecule has 1 aromatic carbocycles. The van der Waals surface area contributed by atoms with Gasteiger partial charge in [0, 0.05) is 5.41 Å². The second-order valence-electron chi connectivity index (χ2n) is 5.70. The predicted octanol–water partition coefficient (Wildman–Crippen LogP) is 3.54. The maximum Gasteiger partial charge on any atom is 0.304 e. The molecule has 0 amide bonds. The van der Waals surface area contributed by atoms with Crippen LogP contribution < -0.4 is 9.47 Å². The van der Waals surface area contributed by atoms with Crippen molar-refractivity contribution in [2.75, 3.05) is 7.11 Å². The Bertz CT molecular complexity index is 548. The van der Waals surface area contributed by atoms with Crippen molar-refractivity contribution in [3.05, 3.63) is 35.9 Å². The fourth-order valence-electron chi connectivity index (χ4n) is 2.82. The average Bonchev–Trinajstić information content (AvgIpc) is 2.87. The van der Waals surface area contributed by atoms with Crippen LogP contribution in [0.1, 0.15) is 38.7 Å². The molecule has 0 spiro atoms. The molecule has 21 heavy (non-hydrogen) atoms. The standard InChI is InChI=1S/C17H22O4/c1-12(2)21-14-7-6-13(10-15(14)20-3)17(11-16(18)19)8-4-5-9-17/h4,6-8,10,12H,5,9,11H2,1-3H3,(H,18,19). The lowest BCUT2D eigenvalue weighted by Gasteiger charge is -2.27. The van der Waals surface area contributed by atoms with E-state index in [9.17, 15) is 9.90 Å². The van der Waals surface area contributed by atoms with Gasteiger partial charge in [-0.2, -0.15) is 0 Å². The first-order chi connectivity index (χ1) is 9.97. The Hall–Kier alpha value is -1.97. The van der Waals surface area contributed by atoms with E-state index >= 15 is 0 Å². The van der Waals surface area contributed by atoms with Gasteiger partial charge in [0.25, 0.3) is 0 Å². The minimum absolute atomic E-state index is 0.0594. The van der Waals surface area contributed by atoms with E-state index in [-0.39, 0.29) is 12.5 Å². The lowest BCUT2D eigenvalue weighted by atomic mass is 9.77. The highest BCUT2D eigenvalue weighted by Gasteiger charge is 2.35. The van der Waals surface area contributed by atoms with Gasteiger partial charge in [-0.1, -0.05) is 18.2 Å². The first-order valence-corrected chi connectivity index (χ1v) is 7.21. The van der Waals surface area contributed by atoms with E-state index in [2.05, 4.69) is 0 Å². The summed E-state index contributed by atoms with van der Waals surface area (Å²) in [5, 5.41) is 9.21. The van der Waals surface area contributed by atoms with Crippen molar-refractivity contribution in [2.45, 2.75) is 44.6 Å². The highest BCUT2D eigenvalue weighted by molar-refractivity contribution is 5.70. The van der Waals surface area contributed by atoms with Gasteiger partial charge < -0.3 is 14.6 Å². The van der Waals surface area contributed by atoms with E-state index in [0.717, 1.165) is 18.4 Å². The monoisotopic (exact) mass is 290 g/mol. The summed E-state index contributed by atoms with van der Waals surface area (Å²) < 4.78 is 11.1. The van der Waals surface area contributed by atoms with Crippen molar-refractivity contribution in [3.8, 4) is 11.5 Å². The third-order valence-corrected chi connectivity index (χ3v) is 3.76. The lowest BCUT2D eigenvalue weighted by Crippen LogP contribution is -2.25. The van der Waals surface area contributed by atoms with E-state index in [1.807, 2.05) is 44.2 Å². The van der Waals surface area contributed by atoms with Gasteiger partial charge in [0.2, 0.25) is 0 Å². The molecule has 1 aliphatic rings. The lowest BCUT2D eigenvalue weighted by molar-refractivity contribution is -0.138. The van der Waals surface area contributed by atoms with Crippen LogP contribution in [0.25, 0.3) is 0 Å². The Morgan fingerprint density at radius 3 is 2.67 bits per heavy atom. The van der Waals surface area contributed by atoms with Crippen LogP contribution in [0.2, 0.25) is 0 Å². The first kappa shape index (κ1) is 15.4. The van der Waals surface area contributed by atoms with Crippen molar-refractivity contribution in [2.24, 2.45) is 0 Å². The van der Waals surface area contributed by atoms with Gasteiger partial charge >= 0.3 is 5.97 Å². The number of carboxylic acids is 1. The van der Waals surface area contributed by atoms with Gasteiger partial charge in [0.1, 0.15) is 0 Å². The molecule has 1 aromatic rings. The fraction of sp³-hybridized carbons (Fsp3) is 0.471. The molecule has 0 aromatic heterocycles. The Morgan fingerprint density at radius 1 is 1.38 bits per heavy atom. The highest BCUT2D eigenvalue weighted by Crippen LogP contribution is 2.42. The molecular weight excluding hydrogens is 268 g/mol. The van der Waals surface area contributed by atoms with Crippen LogP contribution in [0.4, 0.5) is 0 Å². The zero-order chi connectivity index (χ0) is 15.5. The van der Waals surface area contributed by atoms with Gasteiger partial charge in [0.15, 0.2) is 11.5 Å². The molecule has 0 heterocycles. The number of allylic oxidation sites excluding steroid dienone is 2. The van der Waals surface area contributed by atoms with Gasteiger partial charge in [-0.05, 0) is 44.4 Å². The summed E-state index contributed by atoms with van der Waals surface area (Å²) in [4.78, 5) is 11.2. The maximum atomic E-state index is 11.2. The van der Waals surface area contributed by atoms with E-state index < -0.39 is 11.4 Å². The SMILES string of the molecule is COc1cc(C2(CC(=O)O)C=CCC2)ccc1OC(C)C. The molecule has 2 rings (SSSR count). The molecule has 0 fully saturated rings. The normalized spacial score (nSPS) is 20.8. The highest BCUT2D eigenvalue weighted by atomic mass is 16.5. The quantitative estimate of drug-likeness (QED) is 0.814. The minimum Gasteiger partial charge on any atom is -0.493 e. The van der Waals surface area contributed by atoms with Gasteiger partial charge in [-0.25, -0.2) is 0 Å². The number of methoxy groups -OCH3 is 1. The summed E-state index contributed by atoms with van der Waals surface area (Å²) in [6.45, 7) is 3.91. The van der Waals surface area contributed by atoms with E-state index in [1.54, 1.807) is 7.11 Å². The van der Waals surface area contributed by atoms with Crippen LogP contribution in [-0.4, -0.2) is 24.3 Å². The number of rotatable bonds is 6. The molecule has 4 heteroatoms. The van der Waals surface area contributed by atoms with E-state index in [4.69, 9.17) is 9.47 Å². The minimum atomic E-state index is -0.789. The fourth-order valence-corrected chi connectivity index (χ4v) is 2.82. The Kier molecular flexibility index (Phi) is 4.56. The van der Waals surface area contributed by atoms with E-state index in [1.165, 1.54) is 0 Å². The maximum absolute atomic E-state index is 11.2. The van der Waals surface area contributed by atoms with Crippen LogP contribution >= 0.6 is 0 Å². The van der Waals surface area contributed by atoms with Crippen molar-refractivity contribution in [1.82, 2.24) is 0 Å². The summed E-state index contributed by atoms with van der Waals surface area (Å²) in [5.74, 6) is 0.540. The van der Waals surface area contributed by atoms with E-state index in [0.29, 0.717) is 11.5 Å². The molecule has 1 N–H and O–H groups in total. The number of carboxylic acid groups (broad SMARTS) is 1. The summed E-state index contributed by atoms with van der Waals surface area (Å²) in [6, 6.07) is 5.71.